The molecule has 0 aliphatic carbocycles. The summed E-state index contributed by atoms with van der Waals surface area (Å²) in [5.41, 5.74) is 4.95. The molecule has 0 fully saturated rings. The third kappa shape index (κ3) is 7.26. The van der Waals surface area contributed by atoms with E-state index in [1.165, 1.54) is 25.5 Å². The van der Waals surface area contributed by atoms with Crippen molar-refractivity contribution in [3.05, 3.63) is 95.5 Å². The van der Waals surface area contributed by atoms with Gasteiger partial charge in [0.15, 0.2) is 11.5 Å². The van der Waals surface area contributed by atoms with Crippen molar-refractivity contribution in [3.8, 4) is 11.5 Å². The Morgan fingerprint density at radius 3 is 2.45 bits per heavy atom. The molecule has 3 aromatic carbocycles. The fourth-order valence-corrected chi connectivity index (χ4v) is 3.88. The van der Waals surface area contributed by atoms with Crippen LogP contribution in [0.5, 0.6) is 11.5 Å². The first kappa shape index (κ1) is 24.6. The first-order valence-electron chi connectivity index (χ1n) is 9.65. The number of carbonyl (C=O) groups is 1. The lowest BCUT2D eigenvalue weighted by Crippen LogP contribution is -2.19. The van der Waals surface area contributed by atoms with Crippen molar-refractivity contribution in [2.24, 2.45) is 5.10 Å². The Morgan fingerprint density at radius 1 is 1.15 bits per heavy atom. The van der Waals surface area contributed by atoms with Gasteiger partial charge in [-0.05, 0) is 75.7 Å². The van der Waals surface area contributed by atoms with E-state index < -0.39 is 4.92 Å². The third-order valence-electron chi connectivity index (χ3n) is 4.46. The number of hydrogen-bond donors (Lipinski definition) is 1. The van der Waals surface area contributed by atoms with Gasteiger partial charge in [0.1, 0.15) is 6.61 Å². The van der Waals surface area contributed by atoms with Crippen LogP contribution in [0.1, 0.15) is 16.7 Å². The van der Waals surface area contributed by atoms with Gasteiger partial charge in [0.25, 0.3) is 5.69 Å². The minimum absolute atomic E-state index is 0.0264. The van der Waals surface area contributed by atoms with Gasteiger partial charge in [0.2, 0.25) is 5.91 Å². The summed E-state index contributed by atoms with van der Waals surface area (Å²) in [6.07, 6.45) is 1.76. The Labute approximate surface area is 212 Å². The topological polar surface area (TPSA) is 103 Å². The lowest BCUT2D eigenvalue weighted by atomic mass is 10.1. The zero-order chi connectivity index (χ0) is 23.8. The van der Waals surface area contributed by atoms with E-state index in [0.717, 1.165) is 24.7 Å². The highest BCUT2D eigenvalue weighted by Gasteiger charge is 2.12. The lowest BCUT2D eigenvalue weighted by Gasteiger charge is -2.13. The minimum Gasteiger partial charge on any atom is -0.493 e. The molecule has 3 aromatic rings. The number of hydrogen-bond acceptors (Lipinski definition) is 6. The van der Waals surface area contributed by atoms with E-state index in [1.54, 1.807) is 18.2 Å². The summed E-state index contributed by atoms with van der Waals surface area (Å²) in [5, 5.41) is 14.8. The summed E-state index contributed by atoms with van der Waals surface area (Å²) in [7, 11) is 1.53. The Kier molecular flexibility index (Phi) is 8.78. The molecule has 0 aliphatic heterocycles. The van der Waals surface area contributed by atoms with Crippen LogP contribution >= 0.6 is 38.5 Å². The molecule has 0 aromatic heterocycles. The second kappa shape index (κ2) is 11.8. The molecule has 0 saturated heterocycles. The summed E-state index contributed by atoms with van der Waals surface area (Å²) >= 11 is 5.49. The number of hydrazone groups is 1. The summed E-state index contributed by atoms with van der Waals surface area (Å²) < 4.78 is 13.1. The summed E-state index contributed by atoms with van der Waals surface area (Å²) in [5.74, 6) is 0.831. The third-order valence-corrected chi connectivity index (χ3v) is 5.79. The Bertz CT molecular complexity index is 1170. The number of methoxy groups -OCH3 is 1. The van der Waals surface area contributed by atoms with Crippen molar-refractivity contribution < 1.29 is 19.2 Å². The van der Waals surface area contributed by atoms with Crippen LogP contribution in [0.2, 0.25) is 0 Å². The Balaban J connectivity index is 1.62. The molecule has 0 aliphatic rings. The lowest BCUT2D eigenvalue weighted by molar-refractivity contribution is -0.384. The fraction of sp³-hybridized carbons (Fsp3) is 0.130. The Morgan fingerprint density at radius 2 is 1.82 bits per heavy atom. The molecule has 0 spiro atoms. The maximum atomic E-state index is 12.1. The first-order valence-corrected chi connectivity index (χ1v) is 11.5. The molecule has 0 bridgehead atoms. The van der Waals surface area contributed by atoms with Crippen LogP contribution in [-0.2, 0) is 17.8 Å². The standard InChI is InChI=1S/C23H19BrIN3O5/c1-32-21-11-17(13-26-27-22(29)12-15-2-6-18(24)7-3-15)10-20(25)23(21)33-14-16-4-8-19(9-5-16)28(30)31/h2-11,13H,12,14H2,1H3,(H,27,29)/b26-13-. The highest BCUT2D eigenvalue weighted by molar-refractivity contribution is 14.1. The monoisotopic (exact) mass is 623 g/mol. The zero-order valence-corrected chi connectivity index (χ0v) is 21.2. The van der Waals surface area contributed by atoms with E-state index in [9.17, 15) is 14.9 Å². The number of carbonyl (C=O) groups excluding carboxylic acids is 1. The number of non-ortho nitro benzene ring substituents is 1. The predicted molar refractivity (Wildman–Crippen MR) is 137 cm³/mol. The van der Waals surface area contributed by atoms with Gasteiger partial charge in [0, 0.05) is 16.6 Å². The van der Waals surface area contributed by atoms with Crippen LogP contribution in [0.4, 0.5) is 5.69 Å². The second-order valence-corrected chi connectivity index (χ2v) is 8.92. The van der Waals surface area contributed by atoms with Crippen molar-refractivity contribution in [1.29, 1.82) is 0 Å². The quantitative estimate of drug-likeness (QED) is 0.152. The second-order valence-electron chi connectivity index (χ2n) is 6.84. The van der Waals surface area contributed by atoms with Gasteiger partial charge in [-0.15, -0.1) is 0 Å². The van der Waals surface area contributed by atoms with Gasteiger partial charge in [-0.3, -0.25) is 14.9 Å². The number of benzene rings is 3. The van der Waals surface area contributed by atoms with Crippen LogP contribution in [0, 0.1) is 13.7 Å². The van der Waals surface area contributed by atoms with Crippen LogP contribution in [0.15, 0.2) is 70.2 Å². The van der Waals surface area contributed by atoms with E-state index in [-0.39, 0.29) is 24.6 Å². The summed E-state index contributed by atoms with van der Waals surface area (Å²) in [6, 6.07) is 17.3. The van der Waals surface area contributed by atoms with Crippen molar-refractivity contribution in [3.63, 3.8) is 0 Å². The number of nitrogens with zero attached hydrogens (tertiary/aromatic N) is 2. The fourth-order valence-electron chi connectivity index (χ4n) is 2.83. The molecule has 3 rings (SSSR count). The minimum atomic E-state index is -0.444. The highest BCUT2D eigenvalue weighted by Crippen LogP contribution is 2.34. The molecule has 0 atom stereocenters. The van der Waals surface area contributed by atoms with Crippen molar-refractivity contribution in [2.45, 2.75) is 13.0 Å². The van der Waals surface area contributed by atoms with Crippen LogP contribution < -0.4 is 14.9 Å². The largest absolute Gasteiger partial charge is 0.493 e. The SMILES string of the molecule is COc1cc(/C=N\NC(=O)Cc2ccc(Br)cc2)cc(I)c1OCc1ccc([N+](=O)[O-])cc1. The molecule has 0 unspecified atom stereocenters. The van der Waals surface area contributed by atoms with Crippen LogP contribution in [-0.4, -0.2) is 24.2 Å². The van der Waals surface area contributed by atoms with Gasteiger partial charge >= 0.3 is 0 Å². The van der Waals surface area contributed by atoms with Gasteiger partial charge in [0.05, 0.1) is 28.2 Å². The van der Waals surface area contributed by atoms with Crippen molar-refractivity contribution in [1.82, 2.24) is 5.43 Å². The number of rotatable bonds is 9. The van der Waals surface area contributed by atoms with E-state index in [1.807, 2.05) is 30.3 Å². The van der Waals surface area contributed by atoms with E-state index in [2.05, 4.69) is 49.0 Å². The van der Waals surface area contributed by atoms with E-state index in [4.69, 9.17) is 9.47 Å². The zero-order valence-electron chi connectivity index (χ0n) is 17.5. The molecule has 0 heterocycles. The molecule has 8 nitrogen and oxygen atoms in total. The molecule has 170 valence electrons. The molecule has 1 amide bonds. The number of nitrogens with one attached hydrogen (secondary N) is 1. The highest BCUT2D eigenvalue weighted by atomic mass is 127. The van der Waals surface area contributed by atoms with Crippen molar-refractivity contribution >= 4 is 56.3 Å². The van der Waals surface area contributed by atoms with E-state index >= 15 is 0 Å². The maximum absolute atomic E-state index is 12.1. The summed E-state index contributed by atoms with van der Waals surface area (Å²) in [6.45, 7) is 0.226. The van der Waals surface area contributed by atoms with Crippen molar-refractivity contribution in [2.75, 3.05) is 7.11 Å². The normalized spacial score (nSPS) is 10.8. The van der Waals surface area contributed by atoms with E-state index in [0.29, 0.717) is 11.5 Å². The predicted octanol–water partition coefficient (Wildman–Crippen LogP) is 5.24. The smallest absolute Gasteiger partial charge is 0.269 e. The van der Waals surface area contributed by atoms with Crippen LogP contribution in [0.3, 0.4) is 0 Å². The number of ether oxygens (including phenoxy) is 2. The van der Waals surface area contributed by atoms with Gasteiger partial charge in [-0.1, -0.05) is 28.1 Å². The Hall–Kier alpha value is -2.99. The summed E-state index contributed by atoms with van der Waals surface area (Å²) in [4.78, 5) is 22.4. The number of nitro groups is 1. The molecular weight excluding hydrogens is 605 g/mol. The molecule has 33 heavy (non-hydrogen) atoms. The number of amides is 1. The number of nitro benzene ring substituents is 1. The maximum Gasteiger partial charge on any atom is 0.269 e. The number of halogens is 2. The van der Waals surface area contributed by atoms with Crippen LogP contribution in [0.25, 0.3) is 0 Å². The van der Waals surface area contributed by atoms with Gasteiger partial charge in [-0.2, -0.15) is 5.10 Å². The van der Waals surface area contributed by atoms with Gasteiger partial charge in [-0.25, -0.2) is 5.43 Å². The molecule has 0 saturated carbocycles. The molecule has 10 heteroatoms. The molecular formula is C23H19BrIN3O5. The first-order chi connectivity index (χ1) is 15.9. The molecule has 1 N–H and O–H groups in total. The molecule has 0 radical (unpaired) electrons. The average molecular weight is 624 g/mol. The average Bonchev–Trinajstić information content (AvgIpc) is 2.80. The van der Waals surface area contributed by atoms with Gasteiger partial charge < -0.3 is 9.47 Å².